The second kappa shape index (κ2) is 12.2. The average Bonchev–Trinajstić information content (AvgIpc) is 2.82. The third-order valence-electron chi connectivity index (χ3n) is 6.20. The second-order valence-electron chi connectivity index (χ2n) is 8.66. The molecule has 0 fully saturated rings. The highest BCUT2D eigenvalue weighted by atomic mass is 35.5. The van der Waals surface area contributed by atoms with Gasteiger partial charge in [-0.1, -0.05) is 61.8 Å². The molecular weight excluding hydrogens is 452 g/mol. The van der Waals surface area contributed by atoms with Crippen molar-refractivity contribution in [2.75, 3.05) is 0 Å². The Labute approximate surface area is 206 Å². The van der Waals surface area contributed by atoms with Gasteiger partial charge in [0.05, 0.1) is 18.2 Å². The molecule has 0 radical (unpaired) electrons. The van der Waals surface area contributed by atoms with Gasteiger partial charge in [0.25, 0.3) is 0 Å². The van der Waals surface area contributed by atoms with Gasteiger partial charge < -0.3 is 20.5 Å². The smallest absolute Gasteiger partial charge is 0.331 e. The van der Waals surface area contributed by atoms with Gasteiger partial charge in [0, 0.05) is 30.1 Å². The molecule has 0 saturated heterocycles. The summed E-state index contributed by atoms with van der Waals surface area (Å²) >= 11 is 5.98. The molecule has 0 saturated carbocycles. The van der Waals surface area contributed by atoms with E-state index in [4.69, 9.17) is 16.3 Å². The molecule has 1 aliphatic rings. The molecule has 34 heavy (non-hydrogen) atoms. The molecule has 6 nitrogen and oxygen atoms in total. The predicted octanol–water partition coefficient (Wildman–Crippen LogP) is 4.96. The van der Waals surface area contributed by atoms with Crippen molar-refractivity contribution < 1.29 is 19.4 Å². The lowest BCUT2D eigenvalue weighted by Crippen LogP contribution is -2.58. The Morgan fingerprint density at radius 1 is 1.06 bits per heavy atom. The molecule has 0 unspecified atom stereocenters. The Hall–Kier alpha value is -2.67. The molecule has 1 amide bonds. The van der Waals surface area contributed by atoms with Crippen LogP contribution >= 0.6 is 11.6 Å². The topological polar surface area (TPSA) is 87.7 Å². The van der Waals surface area contributed by atoms with Crippen LogP contribution in [0.5, 0.6) is 0 Å². The fourth-order valence-electron chi connectivity index (χ4n) is 4.27. The predicted molar refractivity (Wildman–Crippen MR) is 135 cm³/mol. The molecule has 7 heteroatoms. The molecular formula is C27H33ClN2O4. The number of benzene rings is 2. The second-order valence-corrected chi connectivity index (χ2v) is 9.09. The highest BCUT2D eigenvalue weighted by molar-refractivity contribution is 6.30. The van der Waals surface area contributed by atoms with Crippen LogP contribution in [0.3, 0.4) is 0 Å². The highest BCUT2D eigenvalue weighted by Gasteiger charge is 2.37. The van der Waals surface area contributed by atoms with Gasteiger partial charge in [0.15, 0.2) is 0 Å². The van der Waals surface area contributed by atoms with Crippen molar-refractivity contribution in [2.24, 2.45) is 0 Å². The third-order valence-corrected chi connectivity index (χ3v) is 6.45. The molecule has 3 N–H and O–H groups in total. The maximum absolute atomic E-state index is 12.0. The summed E-state index contributed by atoms with van der Waals surface area (Å²) in [7, 11) is 0. The number of hydrogen-bond donors (Lipinski definition) is 3. The van der Waals surface area contributed by atoms with Crippen molar-refractivity contribution in [2.45, 2.75) is 70.9 Å². The zero-order valence-corrected chi connectivity index (χ0v) is 20.6. The zero-order chi connectivity index (χ0) is 24.7. The quantitative estimate of drug-likeness (QED) is 0.443. The van der Waals surface area contributed by atoms with Crippen LogP contribution in [0.4, 0.5) is 0 Å². The third kappa shape index (κ3) is 6.92. The first-order valence-corrected chi connectivity index (χ1v) is 12.1. The zero-order valence-electron chi connectivity index (χ0n) is 19.9. The highest BCUT2D eigenvalue weighted by Crippen LogP contribution is 2.26. The first-order chi connectivity index (χ1) is 16.3. The molecule has 3 atom stereocenters. The molecule has 0 aromatic heterocycles. The van der Waals surface area contributed by atoms with Gasteiger partial charge in [0.1, 0.15) is 0 Å². The van der Waals surface area contributed by atoms with E-state index < -0.39 is 12.1 Å². The van der Waals surface area contributed by atoms with Crippen LogP contribution in [-0.2, 0) is 20.9 Å². The van der Waals surface area contributed by atoms with Crippen molar-refractivity contribution in [3.8, 4) is 11.1 Å². The van der Waals surface area contributed by atoms with Crippen molar-refractivity contribution in [3.05, 3.63) is 70.8 Å². The Morgan fingerprint density at radius 3 is 2.18 bits per heavy atom. The molecule has 0 bridgehead atoms. The molecule has 0 heterocycles. The van der Waals surface area contributed by atoms with E-state index in [2.05, 4.69) is 10.6 Å². The van der Waals surface area contributed by atoms with Crippen LogP contribution in [0.15, 0.2) is 60.2 Å². The first kappa shape index (κ1) is 25.9. The van der Waals surface area contributed by atoms with Crippen LogP contribution in [0.2, 0.25) is 5.02 Å². The van der Waals surface area contributed by atoms with E-state index in [-0.39, 0.29) is 24.1 Å². The van der Waals surface area contributed by atoms with Gasteiger partial charge in [-0.15, -0.1) is 0 Å². The number of carboxylic acids is 1. The molecule has 0 spiro atoms. The number of carbonyl (C=O) groups excluding carboxylic acids is 1. The van der Waals surface area contributed by atoms with E-state index in [1.165, 1.54) is 6.92 Å². The van der Waals surface area contributed by atoms with Crippen LogP contribution in [0, 0.1) is 0 Å². The minimum Gasteiger partial charge on any atom is -0.478 e. The van der Waals surface area contributed by atoms with Crippen molar-refractivity contribution >= 4 is 23.5 Å². The summed E-state index contributed by atoms with van der Waals surface area (Å²) in [4.78, 5) is 23.8. The largest absolute Gasteiger partial charge is 0.478 e. The van der Waals surface area contributed by atoms with Gasteiger partial charge in [-0.2, -0.15) is 0 Å². The number of carboxylic acid groups (broad SMARTS) is 1. The fourth-order valence-corrected chi connectivity index (χ4v) is 4.40. The number of aliphatic carboxylic acids is 1. The number of carbonyl (C=O) groups is 2. The Bertz CT molecular complexity index is 1000. The van der Waals surface area contributed by atoms with Crippen molar-refractivity contribution in [1.29, 1.82) is 0 Å². The molecule has 3 rings (SSSR count). The van der Waals surface area contributed by atoms with Gasteiger partial charge in [-0.25, -0.2) is 4.79 Å². The Kier molecular flexibility index (Phi) is 9.28. The van der Waals surface area contributed by atoms with Crippen LogP contribution < -0.4 is 10.6 Å². The lowest BCUT2D eigenvalue weighted by atomic mass is 9.87. The summed E-state index contributed by atoms with van der Waals surface area (Å²) in [6.07, 6.45) is 3.05. The molecule has 2 aromatic carbocycles. The van der Waals surface area contributed by atoms with Crippen molar-refractivity contribution in [3.63, 3.8) is 0 Å². The Balaban J connectivity index is 1.76. The van der Waals surface area contributed by atoms with E-state index in [1.807, 2.05) is 62.4 Å². The van der Waals surface area contributed by atoms with Crippen LogP contribution in [-0.4, -0.2) is 41.3 Å². The standard InChI is InChI=1S/C27H33ClN2O4/c1-4-23(5-2)34-25-15-21(27(32)33)14-24(26(25)30-17(3)31)29-16-18-6-8-19(9-7-18)20-10-12-22(28)13-11-20/h6-13,15,23-26,29H,4-5,14,16H2,1-3H3,(H,30,31)(H,32,33)/t24-,25+,26+/m0/s1. The average molecular weight is 485 g/mol. The summed E-state index contributed by atoms with van der Waals surface area (Å²) in [5, 5.41) is 16.8. The number of nitrogens with one attached hydrogen (secondary N) is 2. The maximum atomic E-state index is 12.0. The van der Waals surface area contributed by atoms with E-state index >= 15 is 0 Å². The first-order valence-electron chi connectivity index (χ1n) is 11.8. The van der Waals surface area contributed by atoms with Crippen LogP contribution in [0.1, 0.15) is 45.6 Å². The molecule has 1 aliphatic carbocycles. The number of hydrogen-bond acceptors (Lipinski definition) is 4. The summed E-state index contributed by atoms with van der Waals surface area (Å²) in [5.41, 5.74) is 3.53. The SMILES string of the molecule is CCC(CC)O[C@@H]1C=C(C(=O)O)C[C@H](NCc2ccc(-c3ccc(Cl)cc3)cc2)[C@H]1NC(C)=O. The summed E-state index contributed by atoms with van der Waals surface area (Å²) in [6, 6.07) is 15.2. The van der Waals surface area contributed by atoms with E-state index in [0.29, 0.717) is 23.6 Å². The normalized spacial score (nSPS) is 20.1. The van der Waals surface area contributed by atoms with Gasteiger partial charge >= 0.3 is 5.97 Å². The summed E-state index contributed by atoms with van der Waals surface area (Å²) < 4.78 is 6.24. The number of amides is 1. The van der Waals surface area contributed by atoms with Crippen LogP contribution in [0.25, 0.3) is 11.1 Å². The van der Waals surface area contributed by atoms with E-state index in [9.17, 15) is 14.7 Å². The molecule has 2 aromatic rings. The van der Waals surface area contributed by atoms with E-state index in [1.54, 1.807) is 6.08 Å². The minimum absolute atomic E-state index is 0.00767. The lowest BCUT2D eigenvalue weighted by Gasteiger charge is -2.38. The maximum Gasteiger partial charge on any atom is 0.331 e. The summed E-state index contributed by atoms with van der Waals surface area (Å²) in [5.74, 6) is -1.13. The monoisotopic (exact) mass is 484 g/mol. The number of halogens is 1. The number of ether oxygens (including phenoxy) is 1. The Morgan fingerprint density at radius 2 is 1.65 bits per heavy atom. The van der Waals surface area contributed by atoms with E-state index in [0.717, 1.165) is 29.5 Å². The van der Waals surface area contributed by atoms with Gasteiger partial charge in [-0.3, -0.25) is 4.79 Å². The minimum atomic E-state index is -0.960. The lowest BCUT2D eigenvalue weighted by molar-refractivity contribution is -0.133. The van der Waals surface area contributed by atoms with Crippen molar-refractivity contribution in [1.82, 2.24) is 10.6 Å². The fraction of sp³-hybridized carbons (Fsp3) is 0.407. The molecule has 182 valence electrons. The molecule has 0 aliphatic heterocycles. The summed E-state index contributed by atoms with van der Waals surface area (Å²) in [6.45, 7) is 6.08. The number of rotatable bonds is 10. The van der Waals surface area contributed by atoms with Gasteiger partial charge in [0.2, 0.25) is 5.91 Å². The van der Waals surface area contributed by atoms with Gasteiger partial charge in [-0.05, 0) is 54.2 Å².